The van der Waals surface area contributed by atoms with E-state index in [9.17, 15) is 4.79 Å². The Morgan fingerprint density at radius 3 is 2.74 bits per heavy atom. The average molecular weight is 367 g/mol. The monoisotopic (exact) mass is 366 g/mol. The Hall–Kier alpha value is -2.07. The maximum absolute atomic E-state index is 12.1. The number of aryl methyl sites for hydroxylation is 2. The molecular weight excluding hydrogens is 355 g/mol. The van der Waals surface area contributed by atoms with Crippen molar-refractivity contribution >= 4 is 51.3 Å². The highest BCUT2D eigenvalue weighted by molar-refractivity contribution is 7.15. The van der Waals surface area contributed by atoms with E-state index in [-0.39, 0.29) is 5.57 Å². The van der Waals surface area contributed by atoms with Crippen molar-refractivity contribution in [3.05, 3.63) is 50.6 Å². The van der Waals surface area contributed by atoms with Gasteiger partial charge in [0.05, 0.1) is 16.4 Å². The molecule has 1 aromatic heterocycles. The molecule has 23 heavy (non-hydrogen) atoms. The molecule has 0 atom stereocenters. The lowest BCUT2D eigenvalue weighted by atomic mass is 10.2. The van der Waals surface area contributed by atoms with Crippen LogP contribution in [0.5, 0.6) is 0 Å². The highest BCUT2D eigenvalue weighted by Gasteiger charge is 2.12. The zero-order valence-electron chi connectivity index (χ0n) is 12.3. The lowest BCUT2D eigenvalue weighted by Crippen LogP contribution is -2.14. The van der Waals surface area contributed by atoms with E-state index in [4.69, 9.17) is 28.5 Å². The molecule has 1 heterocycles. The van der Waals surface area contributed by atoms with Crippen molar-refractivity contribution in [2.24, 2.45) is 0 Å². The number of carbonyl (C=O) groups is 1. The number of aromatic nitrogens is 1. The lowest BCUT2D eigenvalue weighted by Gasteiger charge is -2.07. The van der Waals surface area contributed by atoms with Gasteiger partial charge in [-0.3, -0.25) is 4.79 Å². The SMILES string of the molecule is Cc1nc(N/C=C(/C#N)C(=O)Nc2cc(Cl)ccc2Cl)sc1C. The normalized spacial score (nSPS) is 11.0. The smallest absolute Gasteiger partial charge is 0.267 e. The van der Waals surface area contributed by atoms with Crippen LogP contribution in [0.15, 0.2) is 30.0 Å². The van der Waals surface area contributed by atoms with E-state index in [0.29, 0.717) is 20.9 Å². The topological polar surface area (TPSA) is 77.8 Å². The van der Waals surface area contributed by atoms with Gasteiger partial charge in [-0.15, -0.1) is 11.3 Å². The second-order valence-corrected chi connectivity index (χ2v) is 6.60. The summed E-state index contributed by atoms with van der Waals surface area (Å²) in [5.41, 5.74) is 1.14. The predicted molar refractivity (Wildman–Crippen MR) is 94.0 cm³/mol. The van der Waals surface area contributed by atoms with Gasteiger partial charge in [0.1, 0.15) is 11.6 Å². The van der Waals surface area contributed by atoms with Gasteiger partial charge in [-0.1, -0.05) is 23.2 Å². The van der Waals surface area contributed by atoms with Gasteiger partial charge in [0, 0.05) is 16.1 Å². The highest BCUT2D eigenvalue weighted by atomic mass is 35.5. The van der Waals surface area contributed by atoms with Crippen LogP contribution in [-0.2, 0) is 4.79 Å². The number of nitriles is 1. The summed E-state index contributed by atoms with van der Waals surface area (Å²) in [6, 6.07) is 6.52. The number of thiazole rings is 1. The standard InChI is InChI=1S/C15H12Cl2N4OS/c1-8-9(2)23-15(20-8)19-7-10(6-18)14(22)21-13-5-11(16)3-4-12(13)17/h3-5,7H,1-2H3,(H,19,20)(H,21,22)/b10-7-. The molecule has 0 aliphatic carbocycles. The number of carbonyl (C=O) groups excluding carboxylic acids is 1. The summed E-state index contributed by atoms with van der Waals surface area (Å²) in [6.45, 7) is 3.83. The maximum Gasteiger partial charge on any atom is 0.267 e. The van der Waals surface area contributed by atoms with Gasteiger partial charge in [0.25, 0.3) is 5.91 Å². The largest absolute Gasteiger partial charge is 0.337 e. The van der Waals surface area contributed by atoms with Crippen LogP contribution in [0, 0.1) is 25.2 Å². The third kappa shape index (κ3) is 4.45. The first-order valence-electron chi connectivity index (χ1n) is 6.48. The number of hydrogen-bond donors (Lipinski definition) is 2. The summed E-state index contributed by atoms with van der Waals surface area (Å²) in [6.07, 6.45) is 1.31. The number of nitrogens with one attached hydrogen (secondary N) is 2. The molecule has 0 aliphatic rings. The van der Waals surface area contributed by atoms with Crippen LogP contribution in [-0.4, -0.2) is 10.9 Å². The molecule has 0 radical (unpaired) electrons. The summed E-state index contributed by atoms with van der Waals surface area (Å²) in [5.74, 6) is -0.589. The Morgan fingerprint density at radius 2 is 2.13 bits per heavy atom. The molecule has 0 fully saturated rings. The van der Waals surface area contributed by atoms with Crippen LogP contribution in [0.25, 0.3) is 0 Å². The fraction of sp³-hybridized carbons (Fsp3) is 0.133. The summed E-state index contributed by atoms with van der Waals surface area (Å²) >= 11 is 13.3. The van der Waals surface area contributed by atoms with Crippen LogP contribution >= 0.6 is 34.5 Å². The van der Waals surface area contributed by atoms with E-state index in [2.05, 4.69) is 15.6 Å². The molecule has 1 amide bonds. The molecule has 1 aromatic carbocycles. The van der Waals surface area contributed by atoms with E-state index in [1.54, 1.807) is 12.1 Å². The van der Waals surface area contributed by atoms with Gasteiger partial charge in [-0.25, -0.2) is 4.98 Å². The summed E-state index contributed by atoms with van der Waals surface area (Å²) in [4.78, 5) is 17.5. The molecule has 0 bridgehead atoms. The molecule has 0 saturated heterocycles. The first kappa shape index (κ1) is 17.3. The van der Waals surface area contributed by atoms with Gasteiger partial charge >= 0.3 is 0 Å². The van der Waals surface area contributed by atoms with Crippen molar-refractivity contribution in [1.29, 1.82) is 5.26 Å². The number of anilines is 2. The van der Waals surface area contributed by atoms with Crippen molar-refractivity contribution in [3.8, 4) is 6.07 Å². The minimum atomic E-state index is -0.589. The number of benzene rings is 1. The highest BCUT2D eigenvalue weighted by Crippen LogP contribution is 2.26. The van der Waals surface area contributed by atoms with E-state index < -0.39 is 5.91 Å². The Morgan fingerprint density at radius 1 is 1.39 bits per heavy atom. The first-order chi connectivity index (χ1) is 10.9. The molecule has 2 rings (SSSR count). The molecule has 0 spiro atoms. The van der Waals surface area contributed by atoms with Crippen LogP contribution in [0.4, 0.5) is 10.8 Å². The Balaban J connectivity index is 2.13. The van der Waals surface area contributed by atoms with E-state index >= 15 is 0 Å². The Labute approximate surface area is 147 Å². The minimum Gasteiger partial charge on any atom is -0.337 e. The third-order valence-corrected chi connectivity index (χ3v) is 4.48. The summed E-state index contributed by atoms with van der Waals surface area (Å²) < 4.78 is 0. The van der Waals surface area contributed by atoms with Gasteiger partial charge in [-0.2, -0.15) is 5.26 Å². The Bertz CT molecular complexity index is 804. The van der Waals surface area contributed by atoms with Gasteiger partial charge < -0.3 is 10.6 Å². The minimum absolute atomic E-state index is 0.105. The molecule has 0 saturated carbocycles. The number of hydrogen-bond acceptors (Lipinski definition) is 5. The van der Waals surface area contributed by atoms with Gasteiger partial charge in [0.2, 0.25) is 0 Å². The molecule has 118 valence electrons. The fourth-order valence-corrected chi connectivity index (χ4v) is 2.72. The molecule has 5 nitrogen and oxygen atoms in total. The zero-order chi connectivity index (χ0) is 17.0. The molecule has 2 aromatic rings. The molecular formula is C15H12Cl2N4OS. The van der Waals surface area contributed by atoms with E-state index in [1.807, 2.05) is 19.9 Å². The van der Waals surface area contributed by atoms with Gasteiger partial charge in [-0.05, 0) is 32.0 Å². The van der Waals surface area contributed by atoms with Crippen molar-refractivity contribution in [2.45, 2.75) is 13.8 Å². The van der Waals surface area contributed by atoms with Crippen molar-refractivity contribution in [1.82, 2.24) is 4.98 Å². The average Bonchev–Trinajstić information content (AvgIpc) is 2.82. The summed E-state index contributed by atoms with van der Waals surface area (Å²) in [7, 11) is 0. The van der Waals surface area contributed by atoms with Crippen LogP contribution in [0.1, 0.15) is 10.6 Å². The van der Waals surface area contributed by atoms with E-state index in [1.165, 1.54) is 23.6 Å². The molecule has 8 heteroatoms. The Kier molecular flexibility index (Phi) is 5.61. The zero-order valence-corrected chi connectivity index (χ0v) is 14.6. The van der Waals surface area contributed by atoms with Crippen molar-refractivity contribution in [2.75, 3.05) is 10.6 Å². The lowest BCUT2D eigenvalue weighted by molar-refractivity contribution is -0.112. The molecule has 0 unspecified atom stereocenters. The predicted octanol–water partition coefficient (Wildman–Crippen LogP) is 4.52. The summed E-state index contributed by atoms with van der Waals surface area (Å²) in [5, 5.41) is 15.9. The maximum atomic E-state index is 12.1. The molecule has 2 N–H and O–H groups in total. The quantitative estimate of drug-likeness (QED) is 0.615. The third-order valence-electron chi connectivity index (χ3n) is 2.91. The number of amides is 1. The second-order valence-electron chi connectivity index (χ2n) is 4.55. The van der Waals surface area contributed by atoms with Crippen LogP contribution in [0.2, 0.25) is 10.0 Å². The molecule has 0 aliphatic heterocycles. The second kappa shape index (κ2) is 7.47. The number of halogens is 2. The van der Waals surface area contributed by atoms with Crippen LogP contribution < -0.4 is 10.6 Å². The van der Waals surface area contributed by atoms with Crippen molar-refractivity contribution < 1.29 is 4.79 Å². The first-order valence-corrected chi connectivity index (χ1v) is 8.05. The van der Waals surface area contributed by atoms with Crippen molar-refractivity contribution in [3.63, 3.8) is 0 Å². The van der Waals surface area contributed by atoms with E-state index in [0.717, 1.165) is 10.6 Å². The van der Waals surface area contributed by atoms with Gasteiger partial charge in [0.15, 0.2) is 5.13 Å². The number of nitrogens with zero attached hydrogens (tertiary/aromatic N) is 2. The fourth-order valence-electron chi connectivity index (χ4n) is 1.60. The van der Waals surface area contributed by atoms with Crippen LogP contribution in [0.3, 0.4) is 0 Å². The number of rotatable bonds is 4.